The Bertz CT molecular complexity index is 523. The van der Waals surface area contributed by atoms with Crippen LogP contribution in [0, 0.1) is 5.92 Å². The zero-order valence-electron chi connectivity index (χ0n) is 11.4. The molecule has 1 aliphatic carbocycles. The molecule has 0 saturated heterocycles. The van der Waals surface area contributed by atoms with Crippen molar-refractivity contribution in [1.29, 1.82) is 0 Å². The minimum Gasteiger partial charge on any atom is -0.325 e. The van der Waals surface area contributed by atoms with Crippen molar-refractivity contribution in [3.8, 4) is 0 Å². The molecule has 4 heteroatoms. The van der Waals surface area contributed by atoms with E-state index >= 15 is 0 Å². The van der Waals surface area contributed by atoms with Crippen LogP contribution in [-0.4, -0.2) is 5.91 Å². The van der Waals surface area contributed by atoms with Crippen molar-refractivity contribution < 1.29 is 4.79 Å². The van der Waals surface area contributed by atoms with Crippen molar-refractivity contribution in [3.05, 3.63) is 28.3 Å². The number of anilines is 1. The minimum atomic E-state index is -0.0494. The van der Waals surface area contributed by atoms with Gasteiger partial charge in [0.05, 0.1) is 11.8 Å². The Kier molecular flexibility index (Phi) is 4.23. The predicted molar refractivity (Wildman–Crippen MR) is 83.6 cm³/mol. The molecular formula is C16H19Cl2NO. The summed E-state index contributed by atoms with van der Waals surface area (Å²) in [6.45, 7) is 0. The normalized spacial score (nSPS) is 20.6. The van der Waals surface area contributed by atoms with Crippen molar-refractivity contribution in [1.82, 2.24) is 0 Å². The molecule has 108 valence electrons. The number of carbonyl (C=O) groups excluding carboxylic acids is 1. The highest BCUT2D eigenvalue weighted by molar-refractivity contribution is 6.33. The lowest BCUT2D eigenvalue weighted by molar-refractivity contribution is -0.115. The molecule has 1 N–H and O–H groups in total. The number of carbonyl (C=O) groups is 1. The van der Waals surface area contributed by atoms with Gasteiger partial charge < -0.3 is 5.32 Å². The first-order valence-electron chi connectivity index (χ1n) is 7.39. The number of amides is 1. The maximum Gasteiger partial charge on any atom is 0.228 e. The summed E-state index contributed by atoms with van der Waals surface area (Å²) in [5, 5.41) is 3.44. The lowest BCUT2D eigenvalue weighted by Gasteiger charge is -2.24. The summed E-state index contributed by atoms with van der Waals surface area (Å²) < 4.78 is 0. The van der Waals surface area contributed by atoms with E-state index in [1.807, 2.05) is 12.1 Å². The van der Waals surface area contributed by atoms with E-state index in [4.69, 9.17) is 23.2 Å². The molecule has 1 unspecified atom stereocenters. The fourth-order valence-electron chi connectivity index (χ4n) is 3.35. The molecule has 1 aromatic carbocycles. The van der Waals surface area contributed by atoms with Gasteiger partial charge in [0, 0.05) is 10.7 Å². The van der Waals surface area contributed by atoms with Crippen molar-refractivity contribution >= 4 is 34.8 Å². The first-order chi connectivity index (χ1) is 9.63. The van der Waals surface area contributed by atoms with Gasteiger partial charge in [-0.05, 0) is 29.5 Å². The molecule has 1 aliphatic heterocycles. The molecule has 0 bridgehead atoms. The fourth-order valence-corrected chi connectivity index (χ4v) is 4.13. The smallest absolute Gasteiger partial charge is 0.228 e. The maximum atomic E-state index is 11.4. The van der Waals surface area contributed by atoms with Crippen LogP contribution in [0.3, 0.4) is 0 Å². The zero-order chi connectivity index (χ0) is 14.1. The monoisotopic (exact) mass is 311 g/mol. The third kappa shape index (κ3) is 2.96. The lowest BCUT2D eigenvalue weighted by Crippen LogP contribution is -2.09. The summed E-state index contributed by atoms with van der Waals surface area (Å²) in [7, 11) is 0. The van der Waals surface area contributed by atoms with Crippen molar-refractivity contribution in [3.63, 3.8) is 0 Å². The van der Waals surface area contributed by atoms with Gasteiger partial charge in [-0.1, -0.05) is 49.8 Å². The number of fused-ring (bicyclic) bond motifs is 1. The Hall–Kier alpha value is -0.730. The SMILES string of the molecule is O=C1Cc2cc(C(Cl)CC3CCCCC3)c(Cl)cc2N1. The Morgan fingerprint density at radius 3 is 2.75 bits per heavy atom. The average molecular weight is 312 g/mol. The van der Waals surface area contributed by atoms with Gasteiger partial charge >= 0.3 is 0 Å². The van der Waals surface area contributed by atoms with Crippen LogP contribution in [0.15, 0.2) is 12.1 Å². The van der Waals surface area contributed by atoms with E-state index in [2.05, 4.69) is 5.32 Å². The van der Waals surface area contributed by atoms with E-state index < -0.39 is 0 Å². The summed E-state index contributed by atoms with van der Waals surface area (Å²) in [5.41, 5.74) is 2.84. The lowest BCUT2D eigenvalue weighted by atomic mass is 9.85. The van der Waals surface area contributed by atoms with Crippen LogP contribution in [0.5, 0.6) is 0 Å². The maximum absolute atomic E-state index is 11.4. The van der Waals surface area contributed by atoms with E-state index in [0.29, 0.717) is 11.4 Å². The predicted octanol–water partition coefficient (Wildman–Crippen LogP) is 5.08. The number of rotatable bonds is 3. The third-order valence-corrected chi connectivity index (χ3v) is 5.19. The molecule has 1 aromatic rings. The van der Waals surface area contributed by atoms with Crippen LogP contribution >= 0.6 is 23.2 Å². The van der Waals surface area contributed by atoms with Crippen molar-refractivity contribution in [2.24, 2.45) is 5.92 Å². The summed E-state index contributed by atoms with van der Waals surface area (Å²) >= 11 is 12.9. The molecule has 1 fully saturated rings. The average Bonchev–Trinajstić information content (AvgIpc) is 2.78. The highest BCUT2D eigenvalue weighted by atomic mass is 35.5. The number of alkyl halides is 1. The quantitative estimate of drug-likeness (QED) is 0.774. The van der Waals surface area contributed by atoms with Gasteiger partial charge in [0.1, 0.15) is 0 Å². The van der Waals surface area contributed by atoms with Crippen molar-refractivity contribution in [2.45, 2.75) is 50.3 Å². The number of halogens is 2. The third-order valence-electron chi connectivity index (χ3n) is 4.45. The van der Waals surface area contributed by atoms with Gasteiger partial charge in [-0.15, -0.1) is 11.6 Å². The molecule has 3 rings (SSSR count). The van der Waals surface area contributed by atoms with Gasteiger partial charge in [-0.2, -0.15) is 0 Å². The molecule has 1 amide bonds. The fraction of sp³-hybridized carbons (Fsp3) is 0.562. The molecule has 0 spiro atoms. The van der Waals surface area contributed by atoms with Gasteiger partial charge in [0.25, 0.3) is 0 Å². The molecule has 2 aliphatic rings. The minimum absolute atomic E-state index is 0.0339. The van der Waals surface area contributed by atoms with Crippen LogP contribution in [0.4, 0.5) is 5.69 Å². The molecular weight excluding hydrogens is 293 g/mol. The Balaban J connectivity index is 1.76. The number of hydrogen-bond acceptors (Lipinski definition) is 1. The van der Waals surface area contributed by atoms with E-state index in [9.17, 15) is 4.79 Å². The molecule has 1 saturated carbocycles. The van der Waals surface area contributed by atoms with Crippen LogP contribution < -0.4 is 5.32 Å². The summed E-state index contributed by atoms with van der Waals surface area (Å²) in [6, 6.07) is 3.85. The van der Waals surface area contributed by atoms with Gasteiger partial charge in [0.2, 0.25) is 5.91 Å². The number of hydrogen-bond donors (Lipinski definition) is 1. The largest absolute Gasteiger partial charge is 0.325 e. The van der Waals surface area contributed by atoms with Crippen LogP contribution in [0.25, 0.3) is 0 Å². The standard InChI is InChI=1S/C16H19Cl2NO/c17-13(6-10-4-2-1-3-5-10)12-7-11-8-16(20)19-15(11)9-14(12)18/h7,9-10,13H,1-6,8H2,(H,19,20). The number of benzene rings is 1. The highest BCUT2D eigenvalue weighted by Gasteiger charge is 2.24. The molecule has 1 heterocycles. The topological polar surface area (TPSA) is 29.1 Å². The highest BCUT2D eigenvalue weighted by Crippen LogP contribution is 2.40. The first-order valence-corrected chi connectivity index (χ1v) is 8.21. The van der Waals surface area contributed by atoms with Crippen LogP contribution in [0.2, 0.25) is 5.02 Å². The summed E-state index contributed by atoms with van der Waals surface area (Å²) in [4.78, 5) is 11.4. The van der Waals surface area contributed by atoms with Crippen molar-refractivity contribution in [2.75, 3.05) is 5.32 Å². The second-order valence-corrected chi connectivity index (χ2v) is 6.90. The van der Waals surface area contributed by atoms with E-state index in [1.165, 1.54) is 32.1 Å². The zero-order valence-corrected chi connectivity index (χ0v) is 12.9. The van der Waals surface area contributed by atoms with E-state index in [1.54, 1.807) is 0 Å². The van der Waals surface area contributed by atoms with E-state index in [0.717, 1.165) is 29.2 Å². The van der Waals surface area contributed by atoms with Crippen LogP contribution in [-0.2, 0) is 11.2 Å². The van der Waals surface area contributed by atoms with Crippen LogP contribution in [0.1, 0.15) is 55.0 Å². The van der Waals surface area contributed by atoms with Gasteiger partial charge in [-0.25, -0.2) is 0 Å². The molecule has 2 nitrogen and oxygen atoms in total. The molecule has 20 heavy (non-hydrogen) atoms. The van der Waals surface area contributed by atoms with Gasteiger partial charge in [-0.3, -0.25) is 4.79 Å². The second-order valence-electron chi connectivity index (χ2n) is 5.96. The van der Waals surface area contributed by atoms with E-state index in [-0.39, 0.29) is 11.3 Å². The molecule has 1 atom stereocenters. The molecule has 0 aromatic heterocycles. The Morgan fingerprint density at radius 2 is 2.00 bits per heavy atom. The Morgan fingerprint density at radius 1 is 1.25 bits per heavy atom. The second kappa shape index (κ2) is 5.95. The summed E-state index contributed by atoms with van der Waals surface area (Å²) in [6.07, 6.45) is 8.00. The molecule has 0 radical (unpaired) electrons. The number of nitrogens with one attached hydrogen (secondary N) is 1. The van der Waals surface area contributed by atoms with Gasteiger partial charge in [0.15, 0.2) is 0 Å². The first kappa shape index (κ1) is 14.2. The summed E-state index contributed by atoms with van der Waals surface area (Å²) in [5.74, 6) is 0.752. The Labute approximate surface area is 129 Å².